The molecule has 0 saturated carbocycles. The Hall–Kier alpha value is -1.06. The van der Waals surface area contributed by atoms with E-state index in [1.54, 1.807) is 11.3 Å². The van der Waals surface area contributed by atoms with Crippen LogP contribution in [0.1, 0.15) is 18.9 Å². The van der Waals surface area contributed by atoms with Gasteiger partial charge in [-0.1, -0.05) is 42.0 Å². The second-order valence-electron chi connectivity index (χ2n) is 3.92. The summed E-state index contributed by atoms with van der Waals surface area (Å²) in [5.74, 6) is 0. The fraction of sp³-hybridized carbons (Fsp3) is 0.308. The molecule has 1 heterocycles. The van der Waals surface area contributed by atoms with E-state index in [4.69, 9.17) is 11.6 Å². The molecule has 1 aromatic heterocycles. The van der Waals surface area contributed by atoms with Gasteiger partial charge in [-0.3, -0.25) is 0 Å². The number of halogens is 1. The van der Waals surface area contributed by atoms with Gasteiger partial charge >= 0.3 is 0 Å². The zero-order valence-corrected chi connectivity index (χ0v) is 11.5. The number of rotatable bonds is 4. The molecular weight excluding hydrogens is 252 g/mol. The zero-order chi connectivity index (χ0) is 12.3. The summed E-state index contributed by atoms with van der Waals surface area (Å²) < 4.78 is 0. The van der Waals surface area contributed by atoms with Gasteiger partial charge in [-0.05, 0) is 30.5 Å². The first-order chi connectivity index (χ1) is 8.20. The van der Waals surface area contributed by atoms with Crippen molar-refractivity contribution in [3.05, 3.63) is 35.0 Å². The van der Waals surface area contributed by atoms with E-state index in [-0.39, 0.29) is 0 Å². The van der Waals surface area contributed by atoms with Crippen LogP contribution in [0.3, 0.4) is 0 Å². The van der Waals surface area contributed by atoms with E-state index < -0.39 is 0 Å². The molecule has 90 valence electrons. The Kier molecular flexibility index (Phi) is 4.02. The first kappa shape index (κ1) is 12.4. The Morgan fingerprint density at radius 2 is 2.24 bits per heavy atom. The Labute approximate surface area is 111 Å². The highest BCUT2D eigenvalue weighted by molar-refractivity contribution is 7.18. The lowest BCUT2D eigenvalue weighted by molar-refractivity contribution is 0.976. The molecule has 0 atom stereocenters. The largest absolute Gasteiger partial charge is 0.362 e. The van der Waals surface area contributed by atoms with Crippen molar-refractivity contribution in [2.75, 3.05) is 11.9 Å². The van der Waals surface area contributed by atoms with Gasteiger partial charge in [0.1, 0.15) is 0 Å². The van der Waals surface area contributed by atoms with E-state index in [0.29, 0.717) is 0 Å². The van der Waals surface area contributed by atoms with Crippen LogP contribution in [0.4, 0.5) is 5.13 Å². The van der Waals surface area contributed by atoms with E-state index in [1.807, 2.05) is 25.3 Å². The molecule has 2 rings (SSSR count). The Morgan fingerprint density at radius 1 is 1.41 bits per heavy atom. The van der Waals surface area contributed by atoms with Crippen LogP contribution in [0.5, 0.6) is 0 Å². The minimum absolute atomic E-state index is 0.805. The predicted molar refractivity (Wildman–Crippen MR) is 76.1 cm³/mol. The van der Waals surface area contributed by atoms with Crippen molar-refractivity contribution in [2.45, 2.75) is 20.3 Å². The smallest absolute Gasteiger partial charge is 0.183 e. The molecule has 0 radical (unpaired) electrons. The summed E-state index contributed by atoms with van der Waals surface area (Å²) in [6.07, 6.45) is 2.99. The molecule has 1 aromatic carbocycles. The van der Waals surface area contributed by atoms with Gasteiger partial charge in [0.2, 0.25) is 0 Å². The van der Waals surface area contributed by atoms with Gasteiger partial charge in [-0.15, -0.1) is 0 Å². The van der Waals surface area contributed by atoms with Crippen molar-refractivity contribution in [3.8, 4) is 10.4 Å². The summed E-state index contributed by atoms with van der Waals surface area (Å²) in [6, 6.07) is 6.11. The van der Waals surface area contributed by atoms with Crippen LogP contribution in [0.15, 0.2) is 24.4 Å². The molecule has 0 aliphatic carbocycles. The zero-order valence-electron chi connectivity index (χ0n) is 9.96. The summed E-state index contributed by atoms with van der Waals surface area (Å²) in [5, 5.41) is 5.06. The maximum Gasteiger partial charge on any atom is 0.183 e. The monoisotopic (exact) mass is 266 g/mol. The van der Waals surface area contributed by atoms with E-state index in [0.717, 1.165) is 39.1 Å². The molecule has 17 heavy (non-hydrogen) atoms. The lowest BCUT2D eigenvalue weighted by atomic mass is 10.1. The second-order valence-corrected chi connectivity index (χ2v) is 5.36. The minimum Gasteiger partial charge on any atom is -0.362 e. The summed E-state index contributed by atoms with van der Waals surface area (Å²) in [4.78, 5) is 5.49. The van der Waals surface area contributed by atoms with Crippen LogP contribution >= 0.6 is 22.9 Å². The Bertz CT molecular complexity index is 508. The van der Waals surface area contributed by atoms with Gasteiger partial charge in [0.15, 0.2) is 5.13 Å². The third-order valence-corrected chi connectivity index (χ3v) is 3.90. The molecule has 0 bridgehead atoms. The molecule has 4 heteroatoms. The van der Waals surface area contributed by atoms with Crippen LogP contribution in [0, 0.1) is 6.92 Å². The predicted octanol–water partition coefficient (Wildman–Crippen LogP) is 4.59. The fourth-order valence-electron chi connectivity index (χ4n) is 1.47. The molecule has 0 spiro atoms. The lowest BCUT2D eigenvalue weighted by Crippen LogP contribution is -1.97. The van der Waals surface area contributed by atoms with E-state index >= 15 is 0 Å². The molecule has 2 nitrogen and oxygen atoms in total. The summed E-state index contributed by atoms with van der Waals surface area (Å²) in [6.45, 7) is 5.11. The average molecular weight is 267 g/mol. The number of aromatic nitrogens is 1. The van der Waals surface area contributed by atoms with Gasteiger partial charge < -0.3 is 5.32 Å². The topological polar surface area (TPSA) is 24.9 Å². The maximum atomic E-state index is 6.12. The highest BCUT2D eigenvalue weighted by Gasteiger charge is 2.05. The number of benzene rings is 1. The van der Waals surface area contributed by atoms with Crippen molar-refractivity contribution in [2.24, 2.45) is 0 Å². The normalized spacial score (nSPS) is 10.5. The Balaban J connectivity index is 2.21. The third kappa shape index (κ3) is 2.99. The first-order valence-corrected chi connectivity index (χ1v) is 6.86. The molecule has 0 aliphatic heterocycles. The van der Waals surface area contributed by atoms with Crippen LogP contribution in [-0.4, -0.2) is 11.5 Å². The first-order valence-electron chi connectivity index (χ1n) is 5.67. The number of aryl methyl sites for hydroxylation is 1. The summed E-state index contributed by atoms with van der Waals surface area (Å²) >= 11 is 7.78. The number of hydrogen-bond donors (Lipinski definition) is 1. The van der Waals surface area contributed by atoms with Gasteiger partial charge in [0.25, 0.3) is 0 Å². The molecule has 0 unspecified atom stereocenters. The van der Waals surface area contributed by atoms with Crippen molar-refractivity contribution < 1.29 is 0 Å². The number of nitrogens with zero attached hydrogens (tertiary/aromatic N) is 1. The highest BCUT2D eigenvalue weighted by Crippen LogP contribution is 2.31. The molecule has 2 aromatic rings. The molecule has 0 fully saturated rings. The van der Waals surface area contributed by atoms with E-state index in [2.05, 4.69) is 23.3 Å². The quantitative estimate of drug-likeness (QED) is 0.875. The summed E-state index contributed by atoms with van der Waals surface area (Å²) in [7, 11) is 0. The maximum absolute atomic E-state index is 6.12. The SMILES string of the molecule is CCCNc1ncc(-c2ccc(C)c(Cl)c2)s1. The number of thiazole rings is 1. The van der Waals surface area contributed by atoms with Crippen molar-refractivity contribution in [1.82, 2.24) is 4.98 Å². The van der Waals surface area contributed by atoms with Crippen molar-refractivity contribution in [3.63, 3.8) is 0 Å². The van der Waals surface area contributed by atoms with Crippen LogP contribution in [0.25, 0.3) is 10.4 Å². The van der Waals surface area contributed by atoms with Crippen molar-refractivity contribution in [1.29, 1.82) is 0 Å². The van der Waals surface area contributed by atoms with E-state index in [9.17, 15) is 0 Å². The lowest BCUT2D eigenvalue weighted by Gasteiger charge is -2.01. The van der Waals surface area contributed by atoms with Crippen LogP contribution in [-0.2, 0) is 0 Å². The third-order valence-electron chi connectivity index (χ3n) is 2.49. The molecule has 0 amide bonds. The molecule has 0 saturated heterocycles. The number of anilines is 1. The standard InChI is InChI=1S/C13H15ClN2S/c1-3-6-15-13-16-8-12(17-13)10-5-4-9(2)11(14)7-10/h4-5,7-8H,3,6H2,1-2H3,(H,15,16). The van der Waals surface area contributed by atoms with Gasteiger partial charge in [0, 0.05) is 17.8 Å². The second kappa shape index (κ2) is 5.52. The number of hydrogen-bond acceptors (Lipinski definition) is 3. The molecule has 0 aliphatic rings. The van der Waals surface area contributed by atoms with Crippen LogP contribution in [0.2, 0.25) is 5.02 Å². The fourth-order valence-corrected chi connectivity index (χ4v) is 2.49. The summed E-state index contributed by atoms with van der Waals surface area (Å²) in [5.41, 5.74) is 2.23. The average Bonchev–Trinajstić information content (AvgIpc) is 2.79. The van der Waals surface area contributed by atoms with E-state index in [1.165, 1.54) is 0 Å². The van der Waals surface area contributed by atoms with Crippen LogP contribution < -0.4 is 5.32 Å². The molecule has 1 N–H and O–H groups in total. The minimum atomic E-state index is 0.805. The highest BCUT2D eigenvalue weighted by atomic mass is 35.5. The molecular formula is C13H15ClN2S. The number of nitrogens with one attached hydrogen (secondary N) is 1. The van der Waals surface area contributed by atoms with Gasteiger partial charge in [-0.2, -0.15) is 0 Å². The van der Waals surface area contributed by atoms with Gasteiger partial charge in [0.05, 0.1) is 4.88 Å². The van der Waals surface area contributed by atoms with Crippen molar-refractivity contribution >= 4 is 28.1 Å². The Morgan fingerprint density at radius 3 is 2.94 bits per heavy atom. The van der Waals surface area contributed by atoms with Gasteiger partial charge in [-0.25, -0.2) is 4.98 Å².